The van der Waals surface area contributed by atoms with Crippen molar-refractivity contribution in [2.45, 2.75) is 46.2 Å². The highest BCUT2D eigenvalue weighted by atomic mass is 35.5. The molecule has 0 spiro atoms. The number of hydrogen-bond donors (Lipinski definition) is 0. The van der Waals surface area contributed by atoms with Crippen LogP contribution in [0.3, 0.4) is 0 Å². The largest absolute Gasteiger partial charge is 0.342 e. The molecule has 20 heavy (non-hydrogen) atoms. The average molecular weight is 293 g/mol. The number of aryl methyl sites for hydroxylation is 1. The van der Waals surface area contributed by atoms with E-state index in [9.17, 15) is 0 Å². The summed E-state index contributed by atoms with van der Waals surface area (Å²) in [5.41, 5.74) is 1.76. The van der Waals surface area contributed by atoms with Gasteiger partial charge in [0.1, 0.15) is 12.0 Å². The van der Waals surface area contributed by atoms with E-state index >= 15 is 0 Å². The molecule has 0 N–H and O–H groups in total. The number of anilines is 1. The summed E-state index contributed by atoms with van der Waals surface area (Å²) in [6.07, 6.45) is 2.65. The summed E-state index contributed by atoms with van der Waals surface area (Å²) in [5, 5.41) is 8.62. The highest BCUT2D eigenvalue weighted by Crippen LogP contribution is 2.40. The molecule has 2 aromatic rings. The van der Waals surface area contributed by atoms with E-state index in [1.807, 2.05) is 11.5 Å². The van der Waals surface area contributed by atoms with Crippen LogP contribution in [0.4, 0.5) is 5.82 Å². The Bertz CT molecular complexity index is 650. The summed E-state index contributed by atoms with van der Waals surface area (Å²) < 4.78 is 1.98. The molecule has 0 saturated carbocycles. The van der Waals surface area contributed by atoms with Crippen molar-refractivity contribution in [1.29, 1.82) is 0 Å². The van der Waals surface area contributed by atoms with Gasteiger partial charge in [0.25, 0.3) is 0 Å². The molecule has 1 aliphatic rings. The molecule has 7 heteroatoms. The molecule has 0 radical (unpaired) electrons. The van der Waals surface area contributed by atoms with Crippen LogP contribution < -0.4 is 4.90 Å². The molecule has 3 rings (SSSR count). The topological polar surface area (TPSA) is 59.7 Å². The van der Waals surface area contributed by atoms with Gasteiger partial charge in [-0.3, -0.25) is 4.57 Å². The summed E-state index contributed by atoms with van der Waals surface area (Å²) >= 11 is 6.05. The Labute approximate surface area is 122 Å². The Kier molecular flexibility index (Phi) is 3.12. The van der Waals surface area contributed by atoms with Crippen molar-refractivity contribution >= 4 is 17.4 Å². The van der Waals surface area contributed by atoms with Gasteiger partial charge in [-0.05, 0) is 38.8 Å². The number of rotatable bonds is 2. The van der Waals surface area contributed by atoms with Crippen molar-refractivity contribution in [3.63, 3.8) is 0 Å². The van der Waals surface area contributed by atoms with Gasteiger partial charge in [0, 0.05) is 6.04 Å². The highest BCUT2D eigenvalue weighted by molar-refractivity contribution is 6.28. The molecular weight excluding hydrogens is 276 g/mol. The normalized spacial score (nSPS) is 17.3. The lowest BCUT2D eigenvalue weighted by molar-refractivity contribution is 0.496. The van der Waals surface area contributed by atoms with Crippen LogP contribution in [0, 0.1) is 6.92 Å². The van der Waals surface area contributed by atoms with E-state index in [0.29, 0.717) is 0 Å². The lowest BCUT2D eigenvalue weighted by Gasteiger charge is -2.39. The van der Waals surface area contributed by atoms with Gasteiger partial charge >= 0.3 is 0 Å². The second-order valence-electron chi connectivity index (χ2n) is 5.23. The smallest absolute Gasteiger partial charge is 0.224 e. The predicted molar refractivity (Wildman–Crippen MR) is 77.3 cm³/mol. The molecule has 0 aromatic carbocycles. The van der Waals surface area contributed by atoms with Crippen LogP contribution in [-0.4, -0.2) is 30.8 Å². The first-order valence-corrected chi connectivity index (χ1v) is 7.15. The lowest BCUT2D eigenvalue weighted by atomic mass is 10.1. The SMILES string of the molecule is CC[C@@H]1c2nncn2-c2c(C)nc(Cl)nc2N1C(C)C. The van der Waals surface area contributed by atoms with Crippen molar-refractivity contribution in [2.75, 3.05) is 4.90 Å². The maximum Gasteiger partial charge on any atom is 0.224 e. The van der Waals surface area contributed by atoms with Crippen molar-refractivity contribution in [3.8, 4) is 5.69 Å². The van der Waals surface area contributed by atoms with Crippen LogP contribution in [0.25, 0.3) is 5.69 Å². The molecular formula is C13H17ClN6. The Balaban J connectivity index is 2.33. The summed E-state index contributed by atoms with van der Waals surface area (Å²) in [4.78, 5) is 11.0. The lowest BCUT2D eigenvalue weighted by Crippen LogP contribution is -2.40. The Morgan fingerprint density at radius 1 is 1.35 bits per heavy atom. The van der Waals surface area contributed by atoms with Crippen molar-refractivity contribution in [3.05, 3.63) is 23.1 Å². The second-order valence-corrected chi connectivity index (χ2v) is 5.57. The molecule has 0 aliphatic carbocycles. The molecule has 3 heterocycles. The van der Waals surface area contributed by atoms with Gasteiger partial charge in [-0.1, -0.05) is 6.92 Å². The molecule has 0 bridgehead atoms. The van der Waals surface area contributed by atoms with Gasteiger partial charge in [0.15, 0.2) is 11.6 Å². The van der Waals surface area contributed by atoms with Gasteiger partial charge in [-0.2, -0.15) is 4.98 Å². The molecule has 0 unspecified atom stereocenters. The minimum atomic E-state index is 0.148. The number of nitrogens with zero attached hydrogens (tertiary/aromatic N) is 6. The molecule has 0 amide bonds. The zero-order valence-electron chi connectivity index (χ0n) is 12.0. The third-order valence-corrected chi connectivity index (χ3v) is 3.82. The molecule has 106 valence electrons. The summed E-state index contributed by atoms with van der Waals surface area (Å²) in [7, 11) is 0. The van der Waals surface area contributed by atoms with Crippen LogP contribution in [0.2, 0.25) is 5.28 Å². The van der Waals surface area contributed by atoms with Crippen molar-refractivity contribution in [2.24, 2.45) is 0 Å². The monoisotopic (exact) mass is 292 g/mol. The zero-order valence-corrected chi connectivity index (χ0v) is 12.8. The third-order valence-electron chi connectivity index (χ3n) is 3.65. The molecule has 1 aliphatic heterocycles. The van der Waals surface area contributed by atoms with Gasteiger partial charge in [0.05, 0.1) is 11.7 Å². The average Bonchev–Trinajstić information content (AvgIpc) is 2.84. The summed E-state index contributed by atoms with van der Waals surface area (Å²) in [6.45, 7) is 8.36. The van der Waals surface area contributed by atoms with E-state index in [-0.39, 0.29) is 17.4 Å². The van der Waals surface area contributed by atoms with E-state index in [1.165, 1.54) is 0 Å². The van der Waals surface area contributed by atoms with Crippen LogP contribution in [-0.2, 0) is 0 Å². The van der Waals surface area contributed by atoms with E-state index < -0.39 is 0 Å². The van der Waals surface area contributed by atoms with Gasteiger partial charge < -0.3 is 4.90 Å². The molecule has 1 atom stereocenters. The maximum absolute atomic E-state index is 6.05. The number of aromatic nitrogens is 5. The number of halogens is 1. The first-order chi connectivity index (χ1) is 9.54. The quantitative estimate of drug-likeness (QED) is 0.797. The third kappa shape index (κ3) is 1.78. The summed E-state index contributed by atoms with van der Waals surface area (Å²) in [6, 6.07) is 0.435. The van der Waals surface area contributed by atoms with E-state index in [2.05, 4.69) is 45.8 Å². The standard InChI is InChI=1S/C13H17ClN6/c1-5-9-11-18-15-6-19(11)10-8(4)16-13(14)17-12(10)20(9)7(2)3/h6-7,9H,5H2,1-4H3/t9-/m1/s1. The molecule has 0 saturated heterocycles. The van der Waals surface area contributed by atoms with Crippen LogP contribution >= 0.6 is 11.6 Å². The van der Waals surface area contributed by atoms with Gasteiger partial charge in [-0.15, -0.1) is 10.2 Å². The Morgan fingerprint density at radius 3 is 2.75 bits per heavy atom. The minimum Gasteiger partial charge on any atom is -0.342 e. The summed E-state index contributed by atoms with van der Waals surface area (Å²) in [5.74, 6) is 1.79. The van der Waals surface area contributed by atoms with E-state index in [0.717, 1.165) is 29.4 Å². The van der Waals surface area contributed by atoms with Crippen molar-refractivity contribution in [1.82, 2.24) is 24.7 Å². The van der Waals surface area contributed by atoms with Crippen LogP contribution in [0.1, 0.15) is 44.8 Å². The fourth-order valence-electron chi connectivity index (χ4n) is 2.88. The van der Waals surface area contributed by atoms with Crippen LogP contribution in [0.5, 0.6) is 0 Å². The number of fused-ring (bicyclic) bond motifs is 3. The van der Waals surface area contributed by atoms with Crippen molar-refractivity contribution < 1.29 is 0 Å². The highest BCUT2D eigenvalue weighted by Gasteiger charge is 2.35. The molecule has 0 fully saturated rings. The van der Waals surface area contributed by atoms with Crippen LogP contribution in [0.15, 0.2) is 6.33 Å². The first kappa shape index (κ1) is 13.3. The van der Waals surface area contributed by atoms with E-state index in [1.54, 1.807) is 6.33 Å². The van der Waals surface area contributed by atoms with Gasteiger partial charge in [0.2, 0.25) is 5.28 Å². The molecule has 2 aromatic heterocycles. The number of hydrogen-bond acceptors (Lipinski definition) is 5. The Hall–Kier alpha value is -1.69. The fourth-order valence-corrected chi connectivity index (χ4v) is 3.09. The zero-order chi connectivity index (χ0) is 14.4. The maximum atomic E-state index is 6.05. The first-order valence-electron chi connectivity index (χ1n) is 6.77. The van der Waals surface area contributed by atoms with Gasteiger partial charge in [-0.25, -0.2) is 4.98 Å². The second kappa shape index (κ2) is 4.70. The minimum absolute atomic E-state index is 0.148. The molecule has 6 nitrogen and oxygen atoms in total. The van der Waals surface area contributed by atoms with E-state index in [4.69, 9.17) is 11.6 Å². The fraction of sp³-hybridized carbons (Fsp3) is 0.538. The Morgan fingerprint density at radius 2 is 2.10 bits per heavy atom. The predicted octanol–water partition coefficient (Wildman–Crippen LogP) is 2.70.